The van der Waals surface area contributed by atoms with Gasteiger partial charge < -0.3 is 0 Å². The maximum atomic E-state index is 11.8. The Labute approximate surface area is 56.5 Å². The summed E-state index contributed by atoms with van der Waals surface area (Å²) in [5.74, 6) is 0. The summed E-state index contributed by atoms with van der Waals surface area (Å²) in [6.45, 7) is -3.67. The Balaban J connectivity index is 4.15. The van der Waals surface area contributed by atoms with Crippen LogP contribution in [0.15, 0.2) is 12.4 Å². The summed E-state index contributed by atoms with van der Waals surface area (Å²) in [4.78, 5) is 0. The van der Waals surface area contributed by atoms with Crippen LogP contribution >= 0.6 is 0 Å². The van der Waals surface area contributed by atoms with Crippen LogP contribution < -0.4 is 0 Å². The summed E-state index contributed by atoms with van der Waals surface area (Å²) in [5.41, 5.74) is -1.88. The molecule has 0 aliphatic rings. The second kappa shape index (κ2) is 4.30. The van der Waals surface area contributed by atoms with Gasteiger partial charge in [-0.15, -0.1) is 0 Å². The lowest BCUT2D eigenvalue weighted by Crippen LogP contribution is -2.25. The lowest BCUT2D eigenvalue weighted by molar-refractivity contribution is 0.162. The smallest absolute Gasteiger partial charge is 0.104 e. The summed E-state index contributed by atoms with van der Waals surface area (Å²) in [6, 6.07) is 0. The topological polar surface area (TPSA) is 0 Å². The first-order valence-corrected chi connectivity index (χ1v) is 2.70. The van der Waals surface area contributed by atoms with Crippen LogP contribution in [0.25, 0.3) is 0 Å². The van der Waals surface area contributed by atoms with Crippen LogP contribution in [-0.2, 0) is 0 Å². The van der Waals surface area contributed by atoms with Crippen molar-refractivity contribution in [2.45, 2.75) is 0 Å². The summed E-state index contributed by atoms with van der Waals surface area (Å²) >= 11 is 0. The Morgan fingerprint density at radius 3 is 1.50 bits per heavy atom. The molecule has 0 nitrogen and oxygen atoms in total. The van der Waals surface area contributed by atoms with Crippen LogP contribution in [0.3, 0.4) is 0 Å². The number of hydrogen-bond donors (Lipinski definition) is 0. The Hall–Kier alpha value is -0.540. The minimum Gasteiger partial charge on any atom is -0.250 e. The summed E-state index contributed by atoms with van der Waals surface area (Å²) in [7, 11) is 0. The van der Waals surface area contributed by atoms with Gasteiger partial charge in [0.2, 0.25) is 0 Å². The van der Waals surface area contributed by atoms with Crippen molar-refractivity contribution in [3.63, 3.8) is 0 Å². The van der Waals surface area contributed by atoms with Crippen molar-refractivity contribution in [3.8, 4) is 0 Å². The molecular formula is C6H8F4. The lowest BCUT2D eigenvalue weighted by Gasteiger charge is -2.17. The van der Waals surface area contributed by atoms with Gasteiger partial charge in [-0.1, -0.05) is 0 Å². The average Bonchev–Trinajstić information content (AvgIpc) is 2.01. The summed E-state index contributed by atoms with van der Waals surface area (Å²) in [5, 5.41) is 0. The van der Waals surface area contributed by atoms with Crippen molar-refractivity contribution < 1.29 is 17.6 Å². The van der Waals surface area contributed by atoms with E-state index in [4.69, 9.17) is 0 Å². The maximum Gasteiger partial charge on any atom is 0.104 e. The van der Waals surface area contributed by atoms with Crippen LogP contribution in [0, 0.1) is 5.41 Å². The van der Waals surface area contributed by atoms with Crippen molar-refractivity contribution >= 4 is 0 Å². The van der Waals surface area contributed by atoms with Gasteiger partial charge in [0.15, 0.2) is 0 Å². The van der Waals surface area contributed by atoms with Gasteiger partial charge in [-0.2, -0.15) is 0 Å². The zero-order valence-electron chi connectivity index (χ0n) is 5.29. The molecule has 10 heavy (non-hydrogen) atoms. The third-order valence-corrected chi connectivity index (χ3v) is 1.21. The molecular weight excluding hydrogens is 148 g/mol. The highest BCUT2D eigenvalue weighted by Crippen LogP contribution is 2.21. The van der Waals surface area contributed by atoms with Crippen LogP contribution in [0.4, 0.5) is 17.6 Å². The molecule has 0 saturated carbocycles. The molecule has 0 aromatic heterocycles. The molecule has 0 aromatic carbocycles. The van der Waals surface area contributed by atoms with E-state index >= 15 is 0 Å². The van der Waals surface area contributed by atoms with Crippen LogP contribution in [0.1, 0.15) is 0 Å². The molecule has 0 rings (SSSR count). The fourth-order valence-corrected chi connectivity index (χ4v) is 0.374. The van der Waals surface area contributed by atoms with E-state index in [0.717, 1.165) is 0 Å². The highest BCUT2D eigenvalue weighted by Gasteiger charge is 2.27. The zero-order valence-corrected chi connectivity index (χ0v) is 5.29. The number of alkyl halides is 3. The van der Waals surface area contributed by atoms with Crippen molar-refractivity contribution in [3.05, 3.63) is 12.4 Å². The van der Waals surface area contributed by atoms with E-state index in [1.807, 2.05) is 0 Å². The molecule has 0 aromatic rings. The first-order valence-electron chi connectivity index (χ1n) is 2.70. The highest BCUT2D eigenvalue weighted by atomic mass is 19.2. The van der Waals surface area contributed by atoms with E-state index in [0.29, 0.717) is 6.08 Å². The average molecular weight is 156 g/mol. The van der Waals surface area contributed by atoms with Crippen molar-refractivity contribution in [2.24, 2.45) is 5.41 Å². The van der Waals surface area contributed by atoms with Gasteiger partial charge in [-0.25, -0.2) is 17.6 Å². The number of allylic oxidation sites excluding steroid dienone is 1. The molecule has 0 radical (unpaired) electrons. The van der Waals surface area contributed by atoms with Crippen LogP contribution in [-0.4, -0.2) is 20.0 Å². The monoisotopic (exact) mass is 156 g/mol. The Morgan fingerprint density at radius 2 is 1.40 bits per heavy atom. The molecule has 0 heterocycles. The molecule has 0 aliphatic carbocycles. The number of hydrogen-bond acceptors (Lipinski definition) is 0. The molecule has 0 atom stereocenters. The molecule has 0 N–H and O–H groups in total. The molecule has 60 valence electrons. The first kappa shape index (κ1) is 9.46. The number of halogens is 4. The van der Waals surface area contributed by atoms with Gasteiger partial charge in [0.25, 0.3) is 0 Å². The zero-order chi connectivity index (χ0) is 8.04. The van der Waals surface area contributed by atoms with Crippen molar-refractivity contribution in [1.82, 2.24) is 0 Å². The van der Waals surface area contributed by atoms with Gasteiger partial charge in [-0.05, 0) is 6.08 Å². The predicted molar refractivity (Wildman–Crippen MR) is 30.6 cm³/mol. The van der Waals surface area contributed by atoms with Crippen LogP contribution in [0.5, 0.6) is 0 Å². The minimum atomic E-state index is -1.88. The minimum absolute atomic E-state index is 0.0429. The Kier molecular flexibility index (Phi) is 4.07. The predicted octanol–water partition coefficient (Wildman–Crippen LogP) is 2.36. The molecule has 4 heteroatoms. The SMILES string of the molecule is FC=CC(CF)(CF)CF. The van der Waals surface area contributed by atoms with Gasteiger partial charge in [0.05, 0.1) is 11.7 Å². The van der Waals surface area contributed by atoms with Crippen molar-refractivity contribution in [2.75, 3.05) is 20.0 Å². The van der Waals surface area contributed by atoms with Gasteiger partial charge in [0, 0.05) is 0 Å². The maximum absolute atomic E-state index is 11.8. The van der Waals surface area contributed by atoms with Crippen molar-refractivity contribution in [1.29, 1.82) is 0 Å². The number of rotatable bonds is 4. The summed E-state index contributed by atoms with van der Waals surface area (Å²) < 4.78 is 46.8. The van der Waals surface area contributed by atoms with E-state index in [-0.39, 0.29) is 6.33 Å². The second-order valence-corrected chi connectivity index (χ2v) is 2.06. The standard InChI is InChI=1S/C6H8F4/c7-2-1-6(3-8,4-9)5-10/h1-2H,3-5H2. The second-order valence-electron chi connectivity index (χ2n) is 2.06. The third-order valence-electron chi connectivity index (χ3n) is 1.21. The first-order chi connectivity index (χ1) is 4.74. The van der Waals surface area contributed by atoms with Gasteiger partial charge >= 0.3 is 0 Å². The lowest BCUT2D eigenvalue weighted by atomic mass is 9.94. The van der Waals surface area contributed by atoms with E-state index in [1.54, 1.807) is 0 Å². The van der Waals surface area contributed by atoms with Crippen LogP contribution in [0.2, 0.25) is 0 Å². The van der Waals surface area contributed by atoms with E-state index in [9.17, 15) is 17.6 Å². The Morgan fingerprint density at radius 1 is 1.00 bits per heavy atom. The molecule has 0 spiro atoms. The quantitative estimate of drug-likeness (QED) is 0.548. The fraction of sp³-hybridized carbons (Fsp3) is 0.667. The van der Waals surface area contributed by atoms with E-state index in [2.05, 4.69) is 0 Å². The molecule has 0 fully saturated rings. The van der Waals surface area contributed by atoms with E-state index in [1.165, 1.54) is 0 Å². The third kappa shape index (κ3) is 2.01. The normalized spacial score (nSPS) is 12.8. The summed E-state index contributed by atoms with van der Waals surface area (Å²) in [6.07, 6.45) is 0.520. The molecule has 0 aliphatic heterocycles. The highest BCUT2D eigenvalue weighted by molar-refractivity contribution is 4.96. The van der Waals surface area contributed by atoms with E-state index < -0.39 is 25.4 Å². The van der Waals surface area contributed by atoms with Gasteiger partial charge in [0.1, 0.15) is 20.0 Å². The van der Waals surface area contributed by atoms with Gasteiger partial charge in [-0.3, -0.25) is 0 Å². The fourth-order valence-electron chi connectivity index (χ4n) is 0.374. The molecule has 0 unspecified atom stereocenters. The molecule has 0 bridgehead atoms. The largest absolute Gasteiger partial charge is 0.250 e. The molecule has 0 saturated heterocycles. The Bertz CT molecular complexity index is 98.1. The molecule has 0 amide bonds.